The number of anilines is 2. The third-order valence-corrected chi connectivity index (χ3v) is 2.68. The van der Waals surface area contributed by atoms with Crippen molar-refractivity contribution in [3.05, 3.63) is 28.5 Å². The van der Waals surface area contributed by atoms with E-state index in [1.807, 2.05) is 13.1 Å². The SMILES string of the molecule is Cc1ncc(CNc2cncc(N)n2)s1. The van der Waals surface area contributed by atoms with Gasteiger partial charge in [-0.25, -0.2) is 9.97 Å². The average molecular weight is 221 g/mol. The summed E-state index contributed by atoms with van der Waals surface area (Å²) in [6.45, 7) is 2.68. The average Bonchev–Trinajstić information content (AvgIpc) is 2.62. The highest BCUT2D eigenvalue weighted by atomic mass is 32.1. The van der Waals surface area contributed by atoms with Gasteiger partial charge in [0, 0.05) is 11.1 Å². The van der Waals surface area contributed by atoms with Crippen LogP contribution in [-0.4, -0.2) is 15.0 Å². The maximum absolute atomic E-state index is 5.51. The molecule has 0 amide bonds. The summed E-state index contributed by atoms with van der Waals surface area (Å²) in [5, 5.41) is 4.19. The minimum Gasteiger partial charge on any atom is -0.382 e. The van der Waals surface area contributed by atoms with Crippen LogP contribution >= 0.6 is 11.3 Å². The van der Waals surface area contributed by atoms with Gasteiger partial charge in [-0.2, -0.15) is 0 Å². The molecule has 2 heterocycles. The molecule has 0 bridgehead atoms. The molecule has 5 nitrogen and oxygen atoms in total. The Morgan fingerprint density at radius 2 is 2.27 bits per heavy atom. The smallest absolute Gasteiger partial charge is 0.147 e. The molecule has 15 heavy (non-hydrogen) atoms. The molecule has 0 saturated carbocycles. The molecule has 3 N–H and O–H groups in total. The minimum atomic E-state index is 0.417. The number of nitrogen functional groups attached to an aromatic ring is 1. The number of aryl methyl sites for hydroxylation is 1. The number of thiazole rings is 1. The molecule has 0 spiro atoms. The lowest BCUT2D eigenvalue weighted by molar-refractivity contribution is 1.10. The second-order valence-electron chi connectivity index (χ2n) is 3.03. The van der Waals surface area contributed by atoms with Gasteiger partial charge >= 0.3 is 0 Å². The molecule has 2 aromatic heterocycles. The Morgan fingerprint density at radius 1 is 1.40 bits per heavy atom. The molecule has 6 heteroatoms. The van der Waals surface area contributed by atoms with Crippen LogP contribution in [0.2, 0.25) is 0 Å². The number of aromatic nitrogens is 3. The first-order valence-corrected chi connectivity index (χ1v) is 5.28. The minimum absolute atomic E-state index is 0.417. The Morgan fingerprint density at radius 3 is 2.93 bits per heavy atom. The highest BCUT2D eigenvalue weighted by Gasteiger charge is 1.99. The van der Waals surface area contributed by atoms with Crippen LogP contribution in [-0.2, 0) is 6.54 Å². The molecule has 0 aliphatic rings. The molecule has 0 aliphatic heterocycles. The van der Waals surface area contributed by atoms with Crippen molar-refractivity contribution in [3.63, 3.8) is 0 Å². The highest BCUT2D eigenvalue weighted by Crippen LogP contribution is 2.13. The van der Waals surface area contributed by atoms with Crippen LogP contribution in [0.3, 0.4) is 0 Å². The molecule has 0 fully saturated rings. The van der Waals surface area contributed by atoms with Crippen molar-refractivity contribution in [1.82, 2.24) is 15.0 Å². The molecule has 2 rings (SSSR count). The van der Waals surface area contributed by atoms with Crippen LogP contribution in [0, 0.1) is 6.92 Å². The Hall–Kier alpha value is -1.69. The fraction of sp³-hybridized carbons (Fsp3) is 0.222. The monoisotopic (exact) mass is 221 g/mol. The van der Waals surface area contributed by atoms with Gasteiger partial charge in [0.25, 0.3) is 0 Å². The van der Waals surface area contributed by atoms with E-state index in [1.165, 1.54) is 6.20 Å². The first kappa shape index (κ1) is 9.85. The zero-order chi connectivity index (χ0) is 10.7. The molecule has 0 saturated heterocycles. The second-order valence-corrected chi connectivity index (χ2v) is 4.35. The molecular weight excluding hydrogens is 210 g/mol. The molecule has 78 valence electrons. The topological polar surface area (TPSA) is 76.7 Å². The van der Waals surface area contributed by atoms with Gasteiger partial charge in [0.1, 0.15) is 11.6 Å². The van der Waals surface area contributed by atoms with E-state index in [0.717, 1.165) is 9.88 Å². The van der Waals surface area contributed by atoms with E-state index in [-0.39, 0.29) is 0 Å². The predicted octanol–water partition coefficient (Wildman–Crippen LogP) is 1.44. The summed E-state index contributed by atoms with van der Waals surface area (Å²) in [4.78, 5) is 13.4. The van der Waals surface area contributed by atoms with Gasteiger partial charge in [0.2, 0.25) is 0 Å². The predicted molar refractivity (Wildman–Crippen MR) is 60.6 cm³/mol. The van der Waals surface area contributed by atoms with Crippen molar-refractivity contribution in [2.45, 2.75) is 13.5 Å². The number of hydrogen-bond donors (Lipinski definition) is 2. The maximum Gasteiger partial charge on any atom is 0.147 e. The van der Waals surface area contributed by atoms with Gasteiger partial charge in [-0.05, 0) is 6.92 Å². The molecular formula is C9H11N5S. The first-order chi connectivity index (χ1) is 7.24. The molecule has 0 atom stereocenters. The summed E-state index contributed by atoms with van der Waals surface area (Å²) < 4.78 is 0. The lowest BCUT2D eigenvalue weighted by Gasteiger charge is -2.02. The summed E-state index contributed by atoms with van der Waals surface area (Å²) >= 11 is 1.66. The number of rotatable bonds is 3. The highest BCUT2D eigenvalue weighted by molar-refractivity contribution is 7.11. The number of nitrogens with two attached hydrogens (primary N) is 1. The largest absolute Gasteiger partial charge is 0.382 e. The van der Waals surface area contributed by atoms with Gasteiger partial charge in [-0.15, -0.1) is 11.3 Å². The van der Waals surface area contributed by atoms with Crippen molar-refractivity contribution < 1.29 is 0 Å². The maximum atomic E-state index is 5.51. The lowest BCUT2D eigenvalue weighted by Crippen LogP contribution is -2.02. The third-order valence-electron chi connectivity index (χ3n) is 1.77. The second kappa shape index (κ2) is 4.22. The van der Waals surface area contributed by atoms with Crippen molar-refractivity contribution in [2.75, 3.05) is 11.1 Å². The summed E-state index contributed by atoms with van der Waals surface area (Å²) in [6.07, 6.45) is 5.01. The fourth-order valence-electron chi connectivity index (χ4n) is 1.13. The quantitative estimate of drug-likeness (QED) is 0.820. The normalized spacial score (nSPS) is 10.2. The molecule has 0 aliphatic carbocycles. The first-order valence-electron chi connectivity index (χ1n) is 4.47. The number of nitrogens with one attached hydrogen (secondary N) is 1. The molecule has 0 aromatic carbocycles. The van der Waals surface area contributed by atoms with Crippen LogP contribution in [0.5, 0.6) is 0 Å². The Labute approximate surface area is 91.4 Å². The van der Waals surface area contributed by atoms with Gasteiger partial charge in [-0.3, -0.25) is 4.98 Å². The van der Waals surface area contributed by atoms with Crippen LogP contribution in [0.15, 0.2) is 18.6 Å². The summed E-state index contributed by atoms with van der Waals surface area (Å²) in [6, 6.07) is 0. The van der Waals surface area contributed by atoms with E-state index in [0.29, 0.717) is 18.2 Å². The van der Waals surface area contributed by atoms with Crippen LogP contribution in [0.4, 0.5) is 11.6 Å². The van der Waals surface area contributed by atoms with Gasteiger partial charge in [0.05, 0.1) is 23.9 Å². The Balaban J connectivity index is 1.99. The summed E-state index contributed by atoms with van der Waals surface area (Å²) in [5.41, 5.74) is 5.51. The van der Waals surface area contributed by atoms with E-state index >= 15 is 0 Å². The van der Waals surface area contributed by atoms with Crippen molar-refractivity contribution >= 4 is 23.0 Å². The standard InChI is InChI=1S/C9H11N5S/c1-6-12-2-7(15-6)3-13-9-5-11-4-8(10)14-9/h2,4-5H,3H2,1H3,(H3,10,13,14). The van der Waals surface area contributed by atoms with Crippen LogP contribution in [0.1, 0.15) is 9.88 Å². The van der Waals surface area contributed by atoms with Crippen LogP contribution < -0.4 is 11.1 Å². The van der Waals surface area contributed by atoms with Gasteiger partial charge < -0.3 is 11.1 Å². The van der Waals surface area contributed by atoms with E-state index in [9.17, 15) is 0 Å². The Bertz CT molecular complexity index is 453. The van der Waals surface area contributed by atoms with Gasteiger partial charge in [-0.1, -0.05) is 0 Å². The molecule has 0 radical (unpaired) electrons. The van der Waals surface area contributed by atoms with Crippen molar-refractivity contribution in [1.29, 1.82) is 0 Å². The third kappa shape index (κ3) is 2.63. The summed E-state index contributed by atoms with van der Waals surface area (Å²) in [5.74, 6) is 1.10. The van der Waals surface area contributed by atoms with Gasteiger partial charge in [0.15, 0.2) is 0 Å². The Kier molecular flexibility index (Phi) is 2.77. The number of nitrogens with zero attached hydrogens (tertiary/aromatic N) is 3. The fourth-order valence-corrected chi connectivity index (χ4v) is 1.87. The molecule has 0 unspecified atom stereocenters. The number of hydrogen-bond acceptors (Lipinski definition) is 6. The van der Waals surface area contributed by atoms with Crippen LogP contribution in [0.25, 0.3) is 0 Å². The van der Waals surface area contributed by atoms with Crippen molar-refractivity contribution in [3.8, 4) is 0 Å². The lowest BCUT2D eigenvalue weighted by atomic mass is 10.5. The van der Waals surface area contributed by atoms with E-state index in [2.05, 4.69) is 20.3 Å². The molecule has 2 aromatic rings. The zero-order valence-electron chi connectivity index (χ0n) is 8.27. The summed E-state index contributed by atoms with van der Waals surface area (Å²) in [7, 11) is 0. The van der Waals surface area contributed by atoms with Crippen molar-refractivity contribution in [2.24, 2.45) is 0 Å². The van der Waals surface area contributed by atoms with E-state index in [1.54, 1.807) is 17.5 Å². The zero-order valence-corrected chi connectivity index (χ0v) is 9.08. The van der Waals surface area contributed by atoms with E-state index in [4.69, 9.17) is 5.73 Å². The van der Waals surface area contributed by atoms with E-state index < -0.39 is 0 Å².